The maximum atomic E-state index is 14.4. The van der Waals surface area contributed by atoms with Crippen LogP contribution in [-0.2, 0) is 28.5 Å². The molecule has 0 amide bonds. The van der Waals surface area contributed by atoms with Crippen LogP contribution in [0.1, 0.15) is 74.1 Å². The Morgan fingerprint density at radius 1 is 1.21 bits per heavy atom. The number of hydrogen-bond donors (Lipinski definition) is 1. The molecule has 8 atom stereocenters. The van der Waals surface area contributed by atoms with Crippen molar-refractivity contribution in [2.45, 2.75) is 115 Å². The van der Waals surface area contributed by atoms with Gasteiger partial charge >= 0.3 is 5.97 Å². The van der Waals surface area contributed by atoms with E-state index in [9.17, 15) is 14.7 Å². The van der Waals surface area contributed by atoms with Gasteiger partial charge in [-0.1, -0.05) is 26.8 Å². The first kappa shape index (κ1) is 26.1. The van der Waals surface area contributed by atoms with E-state index >= 15 is 0 Å². The van der Waals surface area contributed by atoms with E-state index in [2.05, 4.69) is 20.4 Å². The molecule has 2 aliphatic heterocycles. The van der Waals surface area contributed by atoms with E-state index in [0.717, 1.165) is 6.42 Å². The van der Waals surface area contributed by atoms with Crippen LogP contribution in [0.4, 0.5) is 0 Å². The number of esters is 1. The molecular weight excluding hydrogens is 460 g/mol. The summed E-state index contributed by atoms with van der Waals surface area (Å²) in [4.78, 5) is 27.2. The smallest absolute Gasteiger partial charge is 0.307 e. The predicted molar refractivity (Wildman–Crippen MR) is 126 cm³/mol. The van der Waals surface area contributed by atoms with Crippen LogP contribution in [0, 0.1) is 16.7 Å². The standard InChI is InChI=1S/C26H39ClO7/c1-9-23(6)14-15(28)26-24(7)16(32-22(4,5)33-26)10-12-21(2,3)19(24)18(30)20(25(26,8)34-23)31-17(29)11-13-27/h9,16,18-20,30H,1,10-14H2,2-8H3/t16-,18-,19-,20-,23-,24-,25+,26-/m0/s1. The SMILES string of the molecule is C=C[C@@]1(C)CC(=O)[C@@]23OC(C)(C)O[C@H]4CCC(C)(C)[C@H]([C@H](O)[C@H](OC(=O)CCCl)[C@@]2(C)O1)[C@]43C. The molecule has 0 unspecified atom stereocenters. The molecular formula is C26H39ClO7. The van der Waals surface area contributed by atoms with Gasteiger partial charge < -0.3 is 24.1 Å². The van der Waals surface area contributed by atoms with E-state index in [1.807, 2.05) is 6.92 Å². The largest absolute Gasteiger partial charge is 0.456 e. The molecule has 0 aromatic carbocycles. The monoisotopic (exact) mass is 498 g/mol. The number of alkyl halides is 1. The average molecular weight is 499 g/mol. The lowest BCUT2D eigenvalue weighted by Gasteiger charge is -2.75. The van der Waals surface area contributed by atoms with E-state index in [1.165, 1.54) is 0 Å². The number of Topliss-reactive ketones (excluding diaryl/α,β-unsaturated/α-hetero) is 1. The first-order valence-electron chi connectivity index (χ1n) is 12.2. The average Bonchev–Trinajstić information content (AvgIpc) is 2.69. The molecule has 0 radical (unpaired) electrons. The van der Waals surface area contributed by atoms with E-state index in [1.54, 1.807) is 33.8 Å². The minimum absolute atomic E-state index is 0.0239. The highest BCUT2D eigenvalue weighted by molar-refractivity contribution is 6.18. The fourth-order valence-corrected chi connectivity index (χ4v) is 8.05. The van der Waals surface area contributed by atoms with E-state index in [-0.39, 0.29) is 36.0 Å². The van der Waals surface area contributed by atoms with Crippen molar-refractivity contribution >= 4 is 23.4 Å². The second-order valence-electron chi connectivity index (χ2n) is 12.2. The van der Waals surface area contributed by atoms with Crippen LogP contribution < -0.4 is 0 Å². The Balaban J connectivity index is 2.02. The normalized spacial score (nSPS) is 48.9. The molecule has 0 aromatic heterocycles. The number of ether oxygens (including phenoxy) is 4. The summed E-state index contributed by atoms with van der Waals surface area (Å²) < 4.78 is 25.8. The Morgan fingerprint density at radius 2 is 1.85 bits per heavy atom. The van der Waals surface area contributed by atoms with Crippen LogP contribution in [0.2, 0.25) is 0 Å². The summed E-state index contributed by atoms with van der Waals surface area (Å²) in [5.74, 6) is -2.18. The van der Waals surface area contributed by atoms with Crippen molar-refractivity contribution in [2.75, 3.05) is 5.88 Å². The lowest BCUT2D eigenvalue weighted by molar-refractivity contribution is -0.463. The van der Waals surface area contributed by atoms with Crippen LogP contribution in [0.5, 0.6) is 0 Å². The molecule has 4 aliphatic rings. The molecule has 2 heterocycles. The Labute approximate surface area is 207 Å². The molecule has 34 heavy (non-hydrogen) atoms. The Kier molecular flexibility index (Phi) is 5.95. The minimum Gasteiger partial charge on any atom is -0.456 e. The molecule has 4 fully saturated rings. The van der Waals surface area contributed by atoms with Crippen LogP contribution in [0.3, 0.4) is 0 Å². The van der Waals surface area contributed by atoms with Crippen LogP contribution in [-0.4, -0.2) is 63.6 Å². The molecule has 1 N–H and O–H groups in total. The van der Waals surface area contributed by atoms with Crippen molar-refractivity contribution in [3.63, 3.8) is 0 Å². The maximum Gasteiger partial charge on any atom is 0.307 e. The van der Waals surface area contributed by atoms with Crippen LogP contribution in [0.15, 0.2) is 12.7 Å². The molecule has 192 valence electrons. The van der Waals surface area contributed by atoms with Gasteiger partial charge in [0, 0.05) is 23.6 Å². The molecule has 8 heteroatoms. The fraction of sp³-hybridized carbons (Fsp3) is 0.846. The van der Waals surface area contributed by atoms with Crippen molar-refractivity contribution in [3.05, 3.63) is 12.7 Å². The zero-order valence-corrected chi connectivity index (χ0v) is 22.2. The summed E-state index contributed by atoms with van der Waals surface area (Å²) in [6.07, 6.45) is 0.474. The first-order valence-corrected chi connectivity index (χ1v) is 12.8. The summed E-state index contributed by atoms with van der Waals surface area (Å²) in [6.45, 7) is 17.1. The zero-order chi connectivity index (χ0) is 25.5. The summed E-state index contributed by atoms with van der Waals surface area (Å²) in [5.41, 5.74) is -5.38. The molecule has 2 saturated heterocycles. The molecule has 2 aliphatic carbocycles. The highest BCUT2D eigenvalue weighted by atomic mass is 35.5. The molecule has 0 aromatic rings. The second kappa shape index (κ2) is 7.75. The van der Waals surface area contributed by atoms with Crippen molar-refractivity contribution in [1.29, 1.82) is 0 Å². The summed E-state index contributed by atoms with van der Waals surface area (Å²) in [7, 11) is 0. The highest BCUT2D eigenvalue weighted by Crippen LogP contribution is 2.71. The second-order valence-corrected chi connectivity index (χ2v) is 12.6. The minimum atomic E-state index is -1.53. The number of aliphatic hydroxyl groups is 1. The Hall–Kier alpha value is -0.990. The molecule has 7 nitrogen and oxygen atoms in total. The van der Waals surface area contributed by atoms with Crippen molar-refractivity contribution in [1.82, 2.24) is 0 Å². The summed E-state index contributed by atoms with van der Waals surface area (Å²) in [6, 6.07) is 0. The van der Waals surface area contributed by atoms with Gasteiger partial charge in [-0.2, -0.15) is 0 Å². The maximum absolute atomic E-state index is 14.4. The summed E-state index contributed by atoms with van der Waals surface area (Å²) in [5, 5.41) is 12.0. The topological polar surface area (TPSA) is 91.3 Å². The van der Waals surface area contributed by atoms with E-state index in [4.69, 9.17) is 30.5 Å². The third-order valence-corrected chi connectivity index (χ3v) is 9.21. The van der Waals surface area contributed by atoms with Gasteiger partial charge in [0.15, 0.2) is 23.3 Å². The van der Waals surface area contributed by atoms with Gasteiger partial charge in [-0.3, -0.25) is 9.59 Å². The molecule has 4 rings (SSSR count). The Bertz CT molecular complexity index is 902. The van der Waals surface area contributed by atoms with Gasteiger partial charge in [0.1, 0.15) is 5.60 Å². The van der Waals surface area contributed by atoms with Gasteiger partial charge in [0.2, 0.25) is 0 Å². The Morgan fingerprint density at radius 3 is 2.44 bits per heavy atom. The third kappa shape index (κ3) is 3.23. The summed E-state index contributed by atoms with van der Waals surface area (Å²) >= 11 is 5.81. The van der Waals surface area contributed by atoms with Crippen LogP contribution >= 0.6 is 11.6 Å². The van der Waals surface area contributed by atoms with Crippen molar-refractivity contribution < 1.29 is 33.6 Å². The quantitative estimate of drug-likeness (QED) is 0.356. The predicted octanol–water partition coefficient (Wildman–Crippen LogP) is 3.93. The lowest BCUT2D eigenvalue weighted by atomic mass is 9.39. The van der Waals surface area contributed by atoms with Gasteiger partial charge in [-0.25, -0.2) is 0 Å². The molecule has 2 saturated carbocycles. The van der Waals surface area contributed by atoms with E-state index < -0.39 is 52.1 Å². The van der Waals surface area contributed by atoms with Crippen molar-refractivity contribution in [3.8, 4) is 0 Å². The van der Waals surface area contributed by atoms with E-state index in [0.29, 0.717) is 6.42 Å². The first-order chi connectivity index (χ1) is 15.5. The number of ketones is 1. The lowest BCUT2D eigenvalue weighted by Crippen LogP contribution is -2.90. The van der Waals surface area contributed by atoms with Crippen molar-refractivity contribution in [2.24, 2.45) is 16.7 Å². The number of carbonyl (C=O) groups is 2. The number of hydrogen-bond acceptors (Lipinski definition) is 7. The number of carbonyl (C=O) groups excluding carboxylic acids is 2. The molecule has 1 spiro atoms. The molecule has 0 bridgehead atoms. The zero-order valence-electron chi connectivity index (χ0n) is 21.4. The van der Waals surface area contributed by atoms with Gasteiger partial charge in [0.25, 0.3) is 0 Å². The number of aliphatic hydroxyl groups excluding tert-OH is 1. The van der Waals surface area contributed by atoms with Gasteiger partial charge in [-0.15, -0.1) is 18.2 Å². The van der Waals surface area contributed by atoms with Crippen LogP contribution in [0.25, 0.3) is 0 Å². The van der Waals surface area contributed by atoms with Gasteiger partial charge in [0.05, 0.1) is 24.2 Å². The number of halogens is 1. The van der Waals surface area contributed by atoms with Gasteiger partial charge in [-0.05, 0) is 46.0 Å². The highest BCUT2D eigenvalue weighted by Gasteiger charge is 2.85. The third-order valence-electron chi connectivity index (χ3n) is 9.02. The fourth-order valence-electron chi connectivity index (χ4n) is 7.90. The number of rotatable bonds is 4.